The van der Waals surface area contributed by atoms with Gasteiger partial charge in [0.25, 0.3) is 10.0 Å². The fraction of sp³-hybridized carbons (Fsp3) is 0.560. The summed E-state index contributed by atoms with van der Waals surface area (Å²) in [6.45, 7) is 6.02. The second-order valence-electron chi connectivity index (χ2n) is 9.91. The summed E-state index contributed by atoms with van der Waals surface area (Å²) in [5, 5.41) is 11.5. The molecule has 0 unspecified atom stereocenters. The predicted molar refractivity (Wildman–Crippen MR) is 137 cm³/mol. The molecule has 2 N–H and O–H groups in total. The molecule has 1 saturated carbocycles. The molecule has 1 aliphatic heterocycles. The van der Waals surface area contributed by atoms with E-state index in [4.69, 9.17) is 4.74 Å². The van der Waals surface area contributed by atoms with Crippen LogP contribution in [0.15, 0.2) is 39.9 Å². The van der Waals surface area contributed by atoms with Crippen molar-refractivity contribution in [3.05, 3.63) is 41.3 Å². The predicted octanol–water partition coefficient (Wildman–Crippen LogP) is 3.04. The average Bonchev–Trinajstić information content (AvgIpc) is 3.42. The number of hydrogen-bond acceptors (Lipinski definition) is 7. The lowest BCUT2D eigenvalue weighted by Gasteiger charge is -2.34. The maximum Gasteiger partial charge on any atom is 0.271 e. The summed E-state index contributed by atoms with van der Waals surface area (Å²) >= 11 is 1.14. The van der Waals surface area contributed by atoms with Crippen molar-refractivity contribution in [3.63, 3.8) is 0 Å². The van der Waals surface area contributed by atoms with Gasteiger partial charge in [-0.1, -0.05) is 13.0 Å². The molecule has 0 radical (unpaired) electrons. The van der Waals surface area contributed by atoms with Gasteiger partial charge in [0.2, 0.25) is 5.91 Å². The molecule has 4 rings (SSSR count). The fourth-order valence-electron chi connectivity index (χ4n) is 4.46. The van der Waals surface area contributed by atoms with E-state index in [1.54, 1.807) is 40.6 Å². The molecule has 1 aromatic carbocycles. The van der Waals surface area contributed by atoms with Gasteiger partial charge in [-0.05, 0) is 62.4 Å². The van der Waals surface area contributed by atoms with Gasteiger partial charge in [0.05, 0.1) is 19.1 Å². The zero-order chi connectivity index (χ0) is 25.2. The zero-order valence-electron chi connectivity index (χ0n) is 20.5. The molecule has 2 heterocycles. The number of fused-ring (bicyclic) bond motifs is 1. The van der Waals surface area contributed by atoms with Crippen molar-refractivity contribution in [2.75, 3.05) is 38.0 Å². The first kappa shape index (κ1) is 25.9. The zero-order valence-corrected chi connectivity index (χ0v) is 22.1. The summed E-state index contributed by atoms with van der Waals surface area (Å²) < 4.78 is 34.8. The van der Waals surface area contributed by atoms with Gasteiger partial charge in [-0.25, -0.2) is 8.42 Å². The minimum absolute atomic E-state index is 0.0394. The molecule has 1 aromatic heterocycles. The molecule has 1 fully saturated rings. The van der Waals surface area contributed by atoms with E-state index < -0.39 is 10.0 Å². The van der Waals surface area contributed by atoms with E-state index in [0.717, 1.165) is 30.3 Å². The number of benzene rings is 1. The molecule has 2 aliphatic rings. The van der Waals surface area contributed by atoms with Gasteiger partial charge in [0.15, 0.2) is 0 Å². The van der Waals surface area contributed by atoms with Crippen LogP contribution in [0, 0.1) is 11.8 Å². The van der Waals surface area contributed by atoms with E-state index >= 15 is 0 Å². The van der Waals surface area contributed by atoms with Gasteiger partial charge in [-0.2, -0.15) is 0 Å². The summed E-state index contributed by atoms with van der Waals surface area (Å²) in [6.07, 6.45) is 2.44. The van der Waals surface area contributed by atoms with Crippen LogP contribution in [-0.4, -0.2) is 74.7 Å². The Morgan fingerprint density at radius 1 is 1.29 bits per heavy atom. The highest BCUT2D eigenvalue weighted by molar-refractivity contribution is 7.94. The van der Waals surface area contributed by atoms with Crippen molar-refractivity contribution >= 4 is 33.0 Å². The van der Waals surface area contributed by atoms with Gasteiger partial charge in [-0.3, -0.25) is 9.52 Å². The lowest BCUT2D eigenvalue weighted by atomic mass is 10.0. The number of carbonyl (C=O) groups is 1. The molecule has 8 nitrogen and oxygen atoms in total. The molecule has 35 heavy (non-hydrogen) atoms. The van der Waals surface area contributed by atoms with Crippen LogP contribution in [0.4, 0.5) is 5.69 Å². The molecule has 1 aliphatic carbocycles. The number of aliphatic hydroxyl groups is 1. The number of nitrogens with one attached hydrogen (secondary N) is 1. The van der Waals surface area contributed by atoms with Crippen LogP contribution in [0.1, 0.15) is 32.3 Å². The highest BCUT2D eigenvalue weighted by atomic mass is 32.2. The number of hydrogen-bond donors (Lipinski definition) is 2. The van der Waals surface area contributed by atoms with E-state index in [9.17, 15) is 18.3 Å². The number of anilines is 1. The molecule has 0 bridgehead atoms. The Kier molecular flexibility index (Phi) is 8.05. The van der Waals surface area contributed by atoms with Gasteiger partial charge >= 0.3 is 0 Å². The topological polar surface area (TPSA) is 99.2 Å². The molecule has 192 valence electrons. The SMILES string of the molecule is C[C@@H]1CN([C@H](C)CO)C(=O)Cc2cc(NS(=O)(=O)c3cccs3)ccc2O[C@H]1CN(C)CC1CC1. The number of rotatable bonds is 9. The number of sulfonamides is 1. The first-order valence-electron chi connectivity index (χ1n) is 12.1. The van der Waals surface area contributed by atoms with Crippen LogP contribution in [0.3, 0.4) is 0 Å². The highest BCUT2D eigenvalue weighted by Gasteiger charge is 2.32. The maximum atomic E-state index is 13.3. The first-order valence-corrected chi connectivity index (χ1v) is 14.5. The van der Waals surface area contributed by atoms with Crippen LogP contribution < -0.4 is 9.46 Å². The summed E-state index contributed by atoms with van der Waals surface area (Å²) in [6, 6.07) is 8.03. The van der Waals surface area contributed by atoms with Crippen molar-refractivity contribution in [1.82, 2.24) is 9.80 Å². The summed E-state index contributed by atoms with van der Waals surface area (Å²) in [7, 11) is -1.61. The normalized spacial score (nSPS) is 22.1. The molecule has 10 heteroatoms. The number of thiophene rings is 1. The van der Waals surface area contributed by atoms with Gasteiger partial charge in [0.1, 0.15) is 16.1 Å². The summed E-state index contributed by atoms with van der Waals surface area (Å²) in [4.78, 5) is 17.3. The highest BCUT2D eigenvalue weighted by Crippen LogP contribution is 2.32. The van der Waals surface area contributed by atoms with Crippen LogP contribution in [-0.2, 0) is 21.2 Å². The van der Waals surface area contributed by atoms with Crippen molar-refractivity contribution < 1.29 is 23.1 Å². The van der Waals surface area contributed by atoms with Crippen LogP contribution >= 0.6 is 11.3 Å². The lowest BCUT2D eigenvalue weighted by Crippen LogP contribution is -2.47. The largest absolute Gasteiger partial charge is 0.488 e. The van der Waals surface area contributed by atoms with Crippen molar-refractivity contribution in [2.45, 2.75) is 49.5 Å². The standard InChI is InChI=1S/C25H35N3O5S2/c1-17-13-28(18(2)16-29)24(30)12-20-11-21(26-35(31,32)25-5-4-10-34-25)8-9-22(20)33-23(17)15-27(3)14-19-6-7-19/h4-5,8-11,17-19,23,26,29H,6-7,12-16H2,1-3H3/t17-,18-,23+/m1/s1. The Morgan fingerprint density at radius 3 is 2.71 bits per heavy atom. The number of aliphatic hydroxyl groups excluding tert-OH is 1. The fourth-order valence-corrected chi connectivity index (χ4v) is 6.50. The van der Waals surface area contributed by atoms with Crippen molar-refractivity contribution in [1.29, 1.82) is 0 Å². The first-order chi connectivity index (χ1) is 16.7. The average molecular weight is 522 g/mol. The molecule has 2 aromatic rings. The third kappa shape index (κ3) is 6.55. The van der Waals surface area contributed by atoms with E-state index in [2.05, 4.69) is 23.6 Å². The van der Waals surface area contributed by atoms with Crippen LogP contribution in [0.2, 0.25) is 0 Å². The number of likely N-dealkylation sites (N-methyl/N-ethyl adjacent to an activating group) is 1. The number of ether oxygens (including phenoxy) is 1. The van der Waals surface area contributed by atoms with Gasteiger partial charge in [-0.15, -0.1) is 11.3 Å². The molecule has 0 saturated heterocycles. The van der Waals surface area contributed by atoms with Gasteiger partial charge in [0, 0.05) is 36.8 Å². The number of nitrogens with zero attached hydrogens (tertiary/aromatic N) is 2. The molecule has 0 spiro atoms. The second kappa shape index (κ2) is 10.9. The van der Waals surface area contributed by atoms with Gasteiger partial charge < -0.3 is 19.6 Å². The minimum atomic E-state index is -3.71. The van der Waals surface area contributed by atoms with E-state index in [1.807, 2.05) is 6.92 Å². The van der Waals surface area contributed by atoms with E-state index in [1.165, 1.54) is 12.8 Å². The Hall–Kier alpha value is -2.14. The monoisotopic (exact) mass is 521 g/mol. The van der Waals surface area contributed by atoms with Crippen LogP contribution in [0.25, 0.3) is 0 Å². The lowest BCUT2D eigenvalue weighted by molar-refractivity contribution is -0.134. The van der Waals surface area contributed by atoms with E-state index in [-0.39, 0.29) is 41.2 Å². The minimum Gasteiger partial charge on any atom is -0.488 e. The third-order valence-corrected chi connectivity index (χ3v) is 9.47. The Balaban J connectivity index is 1.63. The Morgan fingerprint density at radius 2 is 2.06 bits per heavy atom. The number of amides is 1. The van der Waals surface area contributed by atoms with Crippen LogP contribution in [0.5, 0.6) is 5.75 Å². The molecular formula is C25H35N3O5S2. The molecule has 3 atom stereocenters. The van der Waals surface area contributed by atoms with Crippen molar-refractivity contribution in [2.24, 2.45) is 11.8 Å². The number of carbonyl (C=O) groups excluding carboxylic acids is 1. The second-order valence-corrected chi connectivity index (χ2v) is 12.8. The third-order valence-electron chi connectivity index (χ3n) is 6.69. The summed E-state index contributed by atoms with van der Waals surface area (Å²) in [5.74, 6) is 1.27. The van der Waals surface area contributed by atoms with E-state index in [0.29, 0.717) is 23.5 Å². The summed E-state index contributed by atoms with van der Waals surface area (Å²) in [5.41, 5.74) is 1.01. The molecule has 1 amide bonds. The quantitative estimate of drug-likeness (QED) is 0.526. The smallest absolute Gasteiger partial charge is 0.271 e. The van der Waals surface area contributed by atoms with Crippen molar-refractivity contribution in [3.8, 4) is 5.75 Å². The molecular weight excluding hydrogens is 486 g/mol. The maximum absolute atomic E-state index is 13.3. The Labute approximate surface area is 211 Å². The Bertz CT molecular complexity index is 1120.